The van der Waals surface area contributed by atoms with Crippen molar-refractivity contribution >= 4 is 5.97 Å². The van der Waals surface area contributed by atoms with E-state index in [1.54, 1.807) is 0 Å². The fourth-order valence-corrected chi connectivity index (χ4v) is 2.06. The van der Waals surface area contributed by atoms with Gasteiger partial charge in [-0.1, -0.05) is 18.2 Å². The van der Waals surface area contributed by atoms with Crippen LogP contribution in [0.5, 0.6) is 5.75 Å². The molecule has 0 bridgehead atoms. The van der Waals surface area contributed by atoms with Crippen LogP contribution in [0.4, 0.5) is 0 Å². The summed E-state index contributed by atoms with van der Waals surface area (Å²) < 4.78 is 10.3. The van der Waals surface area contributed by atoms with Gasteiger partial charge in [0, 0.05) is 18.0 Å². The molecule has 2 rings (SSSR count). The van der Waals surface area contributed by atoms with Crippen LogP contribution >= 0.6 is 0 Å². The maximum atomic E-state index is 11.4. The Bertz CT molecular complexity index is 405. The van der Waals surface area contributed by atoms with Crippen LogP contribution in [0.2, 0.25) is 0 Å². The third-order valence-electron chi connectivity index (χ3n) is 2.96. The van der Waals surface area contributed by atoms with E-state index in [-0.39, 0.29) is 18.1 Å². The minimum absolute atomic E-state index is 0.147. The number of rotatable bonds is 3. The van der Waals surface area contributed by atoms with Gasteiger partial charge in [-0.25, -0.2) is 0 Å². The number of nitrogens with one attached hydrogen (secondary N) is 1. The summed E-state index contributed by atoms with van der Waals surface area (Å²) in [4.78, 5) is 11.4. The highest BCUT2D eigenvalue weighted by atomic mass is 16.5. The molecule has 4 nitrogen and oxygen atoms in total. The van der Waals surface area contributed by atoms with E-state index in [1.807, 2.05) is 31.2 Å². The predicted molar refractivity (Wildman–Crippen MR) is 63.9 cm³/mol. The normalized spacial score (nSPS) is 20.0. The average Bonchev–Trinajstić information content (AvgIpc) is 2.38. The number of ether oxygens (including phenoxy) is 2. The van der Waals surface area contributed by atoms with Crippen molar-refractivity contribution in [3.63, 3.8) is 0 Å². The van der Waals surface area contributed by atoms with Crippen molar-refractivity contribution in [1.29, 1.82) is 0 Å². The van der Waals surface area contributed by atoms with Gasteiger partial charge in [0.2, 0.25) is 0 Å². The van der Waals surface area contributed by atoms with Crippen LogP contribution in [0, 0.1) is 0 Å². The van der Waals surface area contributed by atoms with Crippen molar-refractivity contribution in [2.75, 3.05) is 13.7 Å². The Kier molecular flexibility index (Phi) is 3.64. The molecular formula is C13H17NO3. The Morgan fingerprint density at radius 3 is 3.06 bits per heavy atom. The molecule has 1 aliphatic rings. The van der Waals surface area contributed by atoms with Gasteiger partial charge in [0.25, 0.3) is 0 Å². The quantitative estimate of drug-likeness (QED) is 0.809. The molecule has 2 atom stereocenters. The summed E-state index contributed by atoms with van der Waals surface area (Å²) in [7, 11) is 1.40. The van der Waals surface area contributed by atoms with Crippen molar-refractivity contribution in [1.82, 2.24) is 5.32 Å². The van der Waals surface area contributed by atoms with Gasteiger partial charge < -0.3 is 9.47 Å². The van der Waals surface area contributed by atoms with E-state index in [0.717, 1.165) is 17.7 Å². The molecule has 4 heteroatoms. The monoisotopic (exact) mass is 235 g/mol. The molecule has 2 unspecified atom stereocenters. The number of benzene rings is 1. The molecule has 1 aromatic rings. The minimum atomic E-state index is -0.309. The summed E-state index contributed by atoms with van der Waals surface area (Å²) in [5.74, 6) is 0.655. The summed E-state index contributed by atoms with van der Waals surface area (Å²) >= 11 is 0. The highest BCUT2D eigenvalue weighted by Gasteiger charge is 2.24. The maximum Gasteiger partial charge on any atom is 0.322 e. The first-order chi connectivity index (χ1) is 8.22. The second-order valence-corrected chi connectivity index (χ2v) is 4.14. The van der Waals surface area contributed by atoms with E-state index in [2.05, 4.69) is 5.32 Å². The summed E-state index contributed by atoms with van der Waals surface area (Å²) in [5.41, 5.74) is 1.11. The van der Waals surface area contributed by atoms with Crippen molar-refractivity contribution in [2.24, 2.45) is 0 Å². The van der Waals surface area contributed by atoms with Crippen LogP contribution in [0.25, 0.3) is 0 Å². The van der Waals surface area contributed by atoms with E-state index >= 15 is 0 Å². The van der Waals surface area contributed by atoms with Crippen LogP contribution in [-0.4, -0.2) is 25.7 Å². The van der Waals surface area contributed by atoms with E-state index < -0.39 is 0 Å². The van der Waals surface area contributed by atoms with Gasteiger partial charge in [-0.2, -0.15) is 0 Å². The Morgan fingerprint density at radius 2 is 2.29 bits per heavy atom. The van der Waals surface area contributed by atoms with Gasteiger partial charge in [0.15, 0.2) is 0 Å². The minimum Gasteiger partial charge on any atom is -0.493 e. The first-order valence-electron chi connectivity index (χ1n) is 5.78. The number of methoxy groups -OCH3 is 1. The van der Waals surface area contributed by atoms with Crippen molar-refractivity contribution in [3.05, 3.63) is 29.8 Å². The summed E-state index contributed by atoms with van der Waals surface area (Å²) in [6.07, 6.45) is 0.859. The third kappa shape index (κ3) is 2.58. The molecular weight excluding hydrogens is 218 g/mol. The number of hydrogen-bond donors (Lipinski definition) is 1. The van der Waals surface area contributed by atoms with Crippen LogP contribution in [0.15, 0.2) is 24.3 Å². The fourth-order valence-electron chi connectivity index (χ4n) is 2.06. The van der Waals surface area contributed by atoms with Crippen molar-refractivity contribution < 1.29 is 14.3 Å². The van der Waals surface area contributed by atoms with Gasteiger partial charge in [-0.15, -0.1) is 0 Å². The van der Waals surface area contributed by atoms with Crippen LogP contribution in [0.1, 0.15) is 24.9 Å². The number of fused-ring (bicyclic) bond motifs is 1. The van der Waals surface area contributed by atoms with E-state index in [0.29, 0.717) is 6.61 Å². The van der Waals surface area contributed by atoms with Crippen molar-refractivity contribution in [3.8, 4) is 5.75 Å². The lowest BCUT2D eigenvalue weighted by Gasteiger charge is -2.28. The molecule has 17 heavy (non-hydrogen) atoms. The standard InChI is InChI=1S/C13H17NO3/c1-9(13(15)16-2)14-11-7-8-17-12-6-4-3-5-10(11)12/h3-6,9,11,14H,7-8H2,1-2H3. The SMILES string of the molecule is COC(=O)C(C)NC1CCOc2ccccc21. The lowest BCUT2D eigenvalue weighted by Crippen LogP contribution is -2.39. The van der Waals surface area contributed by atoms with E-state index in [9.17, 15) is 4.79 Å². The zero-order valence-corrected chi connectivity index (χ0v) is 10.1. The number of para-hydroxylation sites is 1. The topological polar surface area (TPSA) is 47.6 Å². The highest BCUT2D eigenvalue weighted by Crippen LogP contribution is 2.31. The van der Waals surface area contributed by atoms with Crippen LogP contribution < -0.4 is 10.1 Å². The molecule has 0 fully saturated rings. The fraction of sp³-hybridized carbons (Fsp3) is 0.462. The number of hydrogen-bond acceptors (Lipinski definition) is 4. The van der Waals surface area contributed by atoms with Gasteiger partial charge in [0.05, 0.1) is 13.7 Å². The molecule has 0 saturated carbocycles. The Labute approximate surface area is 101 Å². The third-order valence-corrected chi connectivity index (χ3v) is 2.96. The largest absolute Gasteiger partial charge is 0.493 e. The maximum absolute atomic E-state index is 11.4. The summed E-state index contributed by atoms with van der Waals surface area (Å²) in [6.45, 7) is 2.48. The van der Waals surface area contributed by atoms with E-state index in [1.165, 1.54) is 7.11 Å². The Balaban J connectivity index is 2.11. The molecule has 1 N–H and O–H groups in total. The van der Waals surface area contributed by atoms with Crippen LogP contribution in [0.3, 0.4) is 0 Å². The van der Waals surface area contributed by atoms with Gasteiger partial charge >= 0.3 is 5.97 Å². The number of esters is 1. The molecule has 92 valence electrons. The smallest absolute Gasteiger partial charge is 0.322 e. The van der Waals surface area contributed by atoms with Gasteiger partial charge in [-0.3, -0.25) is 10.1 Å². The lowest BCUT2D eigenvalue weighted by molar-refractivity contribution is -0.142. The molecule has 0 saturated heterocycles. The molecule has 1 aromatic carbocycles. The number of carbonyl (C=O) groups is 1. The second kappa shape index (κ2) is 5.19. The zero-order chi connectivity index (χ0) is 12.3. The predicted octanol–water partition coefficient (Wildman–Crippen LogP) is 1.66. The number of carbonyl (C=O) groups excluding carboxylic acids is 1. The molecule has 0 radical (unpaired) electrons. The molecule has 0 aromatic heterocycles. The summed E-state index contributed by atoms with van der Waals surface area (Å²) in [6, 6.07) is 7.74. The molecule has 0 aliphatic carbocycles. The zero-order valence-electron chi connectivity index (χ0n) is 10.1. The Hall–Kier alpha value is -1.55. The Morgan fingerprint density at radius 1 is 1.53 bits per heavy atom. The van der Waals surface area contributed by atoms with E-state index in [4.69, 9.17) is 9.47 Å². The summed E-state index contributed by atoms with van der Waals surface area (Å²) in [5, 5.41) is 3.27. The molecule has 0 spiro atoms. The first kappa shape index (κ1) is 11.9. The van der Waals surface area contributed by atoms with Gasteiger partial charge in [-0.05, 0) is 13.0 Å². The molecule has 1 aliphatic heterocycles. The first-order valence-corrected chi connectivity index (χ1v) is 5.78. The average molecular weight is 235 g/mol. The van der Waals surface area contributed by atoms with Crippen molar-refractivity contribution in [2.45, 2.75) is 25.4 Å². The lowest BCUT2D eigenvalue weighted by atomic mass is 10.00. The molecule has 0 amide bonds. The highest BCUT2D eigenvalue weighted by molar-refractivity contribution is 5.75. The molecule has 1 heterocycles. The second-order valence-electron chi connectivity index (χ2n) is 4.14. The van der Waals surface area contributed by atoms with Crippen LogP contribution in [-0.2, 0) is 9.53 Å². The van der Waals surface area contributed by atoms with Gasteiger partial charge in [0.1, 0.15) is 11.8 Å².